The van der Waals surface area contributed by atoms with Crippen LogP contribution < -0.4 is 5.73 Å². The summed E-state index contributed by atoms with van der Waals surface area (Å²) >= 11 is 0. The zero-order valence-corrected chi connectivity index (χ0v) is 18.1. The molecule has 3 atom stereocenters. The first-order chi connectivity index (χ1) is 15.6. The van der Waals surface area contributed by atoms with Crippen LogP contribution in [0, 0.1) is 0 Å². The van der Waals surface area contributed by atoms with Crippen LogP contribution in [0.1, 0.15) is 48.3 Å². The number of benzene rings is 3. The Hall–Kier alpha value is -3.41. The van der Waals surface area contributed by atoms with Crippen molar-refractivity contribution >= 4 is 5.97 Å². The van der Waals surface area contributed by atoms with Crippen molar-refractivity contribution in [3.8, 4) is 0 Å². The van der Waals surface area contributed by atoms with Crippen LogP contribution in [0.4, 0.5) is 0 Å². The van der Waals surface area contributed by atoms with Gasteiger partial charge < -0.3 is 15.6 Å². The Morgan fingerprint density at radius 1 is 0.969 bits per heavy atom. The number of carbonyl (C=O) groups is 1. The van der Waals surface area contributed by atoms with E-state index in [2.05, 4.69) is 0 Å². The molecule has 1 aliphatic rings. The quantitative estimate of drug-likeness (QED) is 0.560. The van der Waals surface area contributed by atoms with Gasteiger partial charge in [-0.2, -0.15) is 0 Å². The molecule has 0 radical (unpaired) electrons. The minimum atomic E-state index is -0.955. The van der Waals surface area contributed by atoms with Gasteiger partial charge in [0.2, 0.25) is 0 Å². The third-order valence-corrected chi connectivity index (χ3v) is 5.87. The SMILES string of the molecule is CCOC(=O)C1=C(N)CC(c2ccccc2)N(C(O)c2ccccc2)C1c1ccccc1. The second kappa shape index (κ2) is 9.81. The number of nitrogens with two attached hydrogens (primary N) is 1. The van der Waals surface area contributed by atoms with Crippen molar-refractivity contribution in [2.24, 2.45) is 5.73 Å². The first-order valence-electron chi connectivity index (χ1n) is 10.9. The van der Waals surface area contributed by atoms with Crippen molar-refractivity contribution in [3.05, 3.63) is 119 Å². The van der Waals surface area contributed by atoms with E-state index in [1.807, 2.05) is 95.9 Å². The lowest BCUT2D eigenvalue weighted by atomic mass is 9.84. The highest BCUT2D eigenvalue weighted by molar-refractivity contribution is 5.91. The van der Waals surface area contributed by atoms with E-state index in [1.165, 1.54) is 0 Å². The molecule has 5 heteroatoms. The highest BCUT2D eigenvalue weighted by Crippen LogP contribution is 2.48. The van der Waals surface area contributed by atoms with Crippen molar-refractivity contribution in [3.63, 3.8) is 0 Å². The summed E-state index contributed by atoms with van der Waals surface area (Å²) in [6, 6.07) is 28.3. The second-order valence-corrected chi connectivity index (χ2v) is 7.83. The minimum absolute atomic E-state index is 0.227. The number of hydrogen-bond acceptors (Lipinski definition) is 5. The fraction of sp³-hybridized carbons (Fsp3) is 0.222. The van der Waals surface area contributed by atoms with Crippen LogP contribution in [0.25, 0.3) is 0 Å². The van der Waals surface area contributed by atoms with Crippen molar-refractivity contribution in [1.82, 2.24) is 4.90 Å². The highest BCUT2D eigenvalue weighted by Gasteiger charge is 2.43. The molecule has 3 aromatic carbocycles. The van der Waals surface area contributed by atoms with Gasteiger partial charge in [-0.25, -0.2) is 4.79 Å². The van der Waals surface area contributed by atoms with E-state index in [-0.39, 0.29) is 12.6 Å². The summed E-state index contributed by atoms with van der Waals surface area (Å²) in [4.78, 5) is 15.0. The molecule has 0 saturated heterocycles. The van der Waals surface area contributed by atoms with Gasteiger partial charge in [-0.3, -0.25) is 4.90 Å². The Morgan fingerprint density at radius 2 is 1.50 bits per heavy atom. The van der Waals surface area contributed by atoms with Gasteiger partial charge in [-0.15, -0.1) is 0 Å². The second-order valence-electron chi connectivity index (χ2n) is 7.83. The Bertz CT molecular complexity index is 1070. The van der Waals surface area contributed by atoms with Crippen molar-refractivity contribution in [2.75, 3.05) is 6.61 Å². The molecule has 0 aliphatic carbocycles. The number of aliphatic hydroxyl groups is 1. The van der Waals surface area contributed by atoms with Gasteiger partial charge in [0.25, 0.3) is 0 Å². The Kier molecular flexibility index (Phi) is 6.69. The molecule has 0 fully saturated rings. The normalized spacial score (nSPS) is 20.1. The van der Waals surface area contributed by atoms with Gasteiger partial charge in [0, 0.05) is 18.2 Å². The lowest BCUT2D eigenvalue weighted by Crippen LogP contribution is -2.43. The summed E-state index contributed by atoms with van der Waals surface area (Å²) < 4.78 is 5.39. The van der Waals surface area contributed by atoms with Crippen molar-refractivity contribution in [2.45, 2.75) is 31.7 Å². The molecule has 0 aromatic heterocycles. The van der Waals surface area contributed by atoms with Crippen LogP contribution in [0.5, 0.6) is 0 Å². The summed E-state index contributed by atoms with van der Waals surface area (Å²) in [5, 5.41) is 11.6. The first kappa shape index (κ1) is 21.8. The van der Waals surface area contributed by atoms with Crippen LogP contribution in [-0.2, 0) is 9.53 Å². The topological polar surface area (TPSA) is 75.8 Å². The van der Waals surface area contributed by atoms with E-state index in [1.54, 1.807) is 6.92 Å². The molecule has 1 aliphatic heterocycles. The van der Waals surface area contributed by atoms with Crippen LogP contribution in [-0.4, -0.2) is 22.6 Å². The molecule has 0 amide bonds. The summed E-state index contributed by atoms with van der Waals surface area (Å²) in [6.45, 7) is 2.03. The molecule has 164 valence electrons. The molecule has 0 spiro atoms. The smallest absolute Gasteiger partial charge is 0.337 e. The molecule has 4 rings (SSSR count). The van der Waals surface area contributed by atoms with Crippen LogP contribution >= 0.6 is 0 Å². The molecule has 5 nitrogen and oxygen atoms in total. The van der Waals surface area contributed by atoms with Crippen LogP contribution in [0.2, 0.25) is 0 Å². The van der Waals surface area contributed by atoms with Gasteiger partial charge in [0.15, 0.2) is 0 Å². The predicted molar refractivity (Wildman–Crippen MR) is 124 cm³/mol. The average molecular weight is 429 g/mol. The Morgan fingerprint density at radius 3 is 2.06 bits per heavy atom. The number of hydrogen-bond donors (Lipinski definition) is 2. The van der Waals surface area contributed by atoms with Crippen LogP contribution in [0.3, 0.4) is 0 Å². The zero-order valence-electron chi connectivity index (χ0n) is 18.1. The first-order valence-corrected chi connectivity index (χ1v) is 10.9. The summed E-state index contributed by atoms with van der Waals surface area (Å²) in [5.74, 6) is -0.448. The van der Waals surface area contributed by atoms with Gasteiger partial charge in [0.05, 0.1) is 18.2 Å². The van der Waals surface area contributed by atoms with Gasteiger partial charge >= 0.3 is 5.97 Å². The zero-order chi connectivity index (χ0) is 22.5. The standard InChI is InChI=1S/C27H28N2O3/c1-2-32-27(31)24-22(28)18-23(19-12-6-3-7-13-19)29(25(24)20-14-8-4-9-15-20)26(30)21-16-10-5-11-17-21/h3-17,23,25-26,30H,2,18,28H2,1H3. The fourth-order valence-electron chi connectivity index (χ4n) is 4.43. The van der Waals surface area contributed by atoms with Crippen molar-refractivity contribution in [1.29, 1.82) is 0 Å². The minimum Gasteiger partial charge on any atom is -0.463 e. The van der Waals surface area contributed by atoms with E-state index in [9.17, 15) is 9.90 Å². The largest absolute Gasteiger partial charge is 0.463 e. The number of esters is 1. The molecule has 0 bridgehead atoms. The molecule has 0 saturated carbocycles. The molecule has 3 unspecified atom stereocenters. The van der Waals surface area contributed by atoms with Crippen LogP contribution in [0.15, 0.2) is 102 Å². The molecule has 3 aromatic rings. The molecular weight excluding hydrogens is 400 g/mol. The van der Waals surface area contributed by atoms with E-state index < -0.39 is 18.2 Å². The number of nitrogens with zero attached hydrogens (tertiary/aromatic N) is 1. The lowest BCUT2D eigenvalue weighted by molar-refractivity contribution is -0.141. The number of carbonyl (C=O) groups excluding carboxylic acids is 1. The summed E-state index contributed by atoms with van der Waals surface area (Å²) in [7, 11) is 0. The third-order valence-electron chi connectivity index (χ3n) is 5.87. The maximum absolute atomic E-state index is 13.1. The summed E-state index contributed by atoms with van der Waals surface area (Å²) in [6.07, 6.45) is -0.546. The molecule has 32 heavy (non-hydrogen) atoms. The molecule has 1 heterocycles. The molecule has 3 N–H and O–H groups in total. The number of ether oxygens (including phenoxy) is 1. The van der Waals surface area contributed by atoms with E-state index >= 15 is 0 Å². The average Bonchev–Trinajstić information content (AvgIpc) is 2.84. The highest BCUT2D eigenvalue weighted by atomic mass is 16.5. The van der Waals surface area contributed by atoms with E-state index in [0.717, 1.165) is 16.7 Å². The van der Waals surface area contributed by atoms with Crippen molar-refractivity contribution < 1.29 is 14.6 Å². The van der Waals surface area contributed by atoms with Gasteiger partial charge in [-0.1, -0.05) is 91.0 Å². The monoisotopic (exact) mass is 428 g/mol. The maximum Gasteiger partial charge on any atom is 0.337 e. The third kappa shape index (κ3) is 4.31. The van der Waals surface area contributed by atoms with Gasteiger partial charge in [0.1, 0.15) is 6.23 Å². The number of aliphatic hydroxyl groups excluding tert-OH is 1. The fourth-order valence-corrected chi connectivity index (χ4v) is 4.43. The predicted octanol–water partition coefficient (Wildman–Crippen LogP) is 4.64. The number of rotatable bonds is 6. The summed E-state index contributed by atoms with van der Waals surface area (Å²) in [5.41, 5.74) is 10.1. The molecular formula is C27H28N2O3. The van der Waals surface area contributed by atoms with E-state index in [4.69, 9.17) is 10.5 Å². The lowest BCUT2D eigenvalue weighted by Gasteiger charge is -2.45. The Balaban J connectivity index is 1.92. The van der Waals surface area contributed by atoms with E-state index in [0.29, 0.717) is 17.7 Å². The Labute approximate surface area is 188 Å². The van der Waals surface area contributed by atoms with Gasteiger partial charge in [-0.05, 0) is 23.6 Å². The maximum atomic E-state index is 13.1.